The van der Waals surface area contributed by atoms with E-state index in [0.717, 1.165) is 32.5 Å². The van der Waals surface area contributed by atoms with Crippen LogP contribution in [0.4, 0.5) is 0 Å². The van der Waals surface area contributed by atoms with Gasteiger partial charge in [-0.15, -0.1) is 24.9 Å². The fourth-order valence-corrected chi connectivity index (χ4v) is 9.39. The Bertz CT molecular complexity index is 927. The second-order valence-corrected chi connectivity index (χ2v) is 13.0. The topological polar surface area (TPSA) is 93.6 Å². The van der Waals surface area contributed by atoms with E-state index < -0.39 is 27.4 Å². The van der Waals surface area contributed by atoms with Crippen molar-refractivity contribution in [2.75, 3.05) is 72.2 Å². The normalized spacial score (nSPS) is 32.3. The zero-order chi connectivity index (χ0) is 27.5. The van der Waals surface area contributed by atoms with E-state index in [2.05, 4.69) is 25.0 Å². The Morgan fingerprint density at radius 2 is 1.76 bits per heavy atom. The lowest BCUT2D eigenvalue weighted by atomic mass is 9.66. The SMILES string of the molecule is C=CCN(CCN1CCOCC1)C(=O)C1N(CCO)C(=O)[C@@H]2[C@H](C(=O)N(CC=C)CCC)[C@]3(C)CCC12S3. The van der Waals surface area contributed by atoms with E-state index in [1.54, 1.807) is 33.7 Å². The highest BCUT2D eigenvalue weighted by molar-refractivity contribution is 8.02. The summed E-state index contributed by atoms with van der Waals surface area (Å²) < 4.78 is 4.37. The molecule has 4 heterocycles. The molecule has 0 saturated carbocycles. The molecule has 2 unspecified atom stereocenters. The summed E-state index contributed by atoms with van der Waals surface area (Å²) in [6, 6.07) is -0.708. The number of rotatable bonds is 13. The number of aliphatic hydroxyl groups is 1. The van der Waals surface area contributed by atoms with Gasteiger partial charge < -0.3 is 24.5 Å². The molecule has 0 aliphatic carbocycles. The van der Waals surface area contributed by atoms with Gasteiger partial charge in [-0.1, -0.05) is 19.1 Å². The number of morpholine rings is 1. The highest BCUT2D eigenvalue weighted by Gasteiger charge is 2.77. The second-order valence-electron chi connectivity index (χ2n) is 11.1. The summed E-state index contributed by atoms with van der Waals surface area (Å²) >= 11 is 1.68. The van der Waals surface area contributed by atoms with Crippen molar-refractivity contribution >= 4 is 29.5 Å². The van der Waals surface area contributed by atoms with E-state index in [1.807, 2.05) is 11.8 Å². The van der Waals surface area contributed by atoms with E-state index in [0.29, 0.717) is 45.8 Å². The van der Waals surface area contributed by atoms with Crippen molar-refractivity contribution in [1.82, 2.24) is 19.6 Å². The average Bonchev–Trinajstić information content (AvgIpc) is 3.47. The fraction of sp³-hybridized carbons (Fsp3) is 0.750. The Morgan fingerprint density at radius 1 is 1.11 bits per heavy atom. The molecule has 0 aromatic heterocycles. The van der Waals surface area contributed by atoms with Crippen molar-refractivity contribution in [3.05, 3.63) is 25.3 Å². The molecule has 212 valence electrons. The first-order valence-corrected chi connectivity index (χ1v) is 14.8. The molecule has 4 aliphatic rings. The number of ether oxygens (including phenoxy) is 1. The van der Waals surface area contributed by atoms with Crippen molar-refractivity contribution in [3.8, 4) is 0 Å². The summed E-state index contributed by atoms with van der Waals surface area (Å²) in [5.41, 5.74) is 0. The Balaban J connectivity index is 1.65. The summed E-state index contributed by atoms with van der Waals surface area (Å²) in [5, 5.41) is 9.90. The van der Waals surface area contributed by atoms with Crippen molar-refractivity contribution in [1.29, 1.82) is 0 Å². The predicted octanol–water partition coefficient (Wildman–Crippen LogP) is 1.23. The molecule has 1 N–H and O–H groups in total. The van der Waals surface area contributed by atoms with Gasteiger partial charge in [0, 0.05) is 57.1 Å². The molecule has 10 heteroatoms. The first kappa shape index (κ1) is 29.1. The van der Waals surface area contributed by atoms with Gasteiger partial charge in [0.2, 0.25) is 17.7 Å². The largest absolute Gasteiger partial charge is 0.395 e. The lowest BCUT2D eigenvalue weighted by Gasteiger charge is -2.38. The highest BCUT2D eigenvalue weighted by Crippen LogP contribution is 2.71. The molecular formula is C28H44N4O5S. The van der Waals surface area contributed by atoms with Gasteiger partial charge in [-0.25, -0.2) is 0 Å². The summed E-state index contributed by atoms with van der Waals surface area (Å²) in [4.78, 5) is 49.8. The van der Waals surface area contributed by atoms with Gasteiger partial charge >= 0.3 is 0 Å². The van der Waals surface area contributed by atoms with Crippen LogP contribution in [0.1, 0.15) is 33.1 Å². The summed E-state index contributed by atoms with van der Waals surface area (Å²) in [5.74, 6) is -1.38. The molecule has 38 heavy (non-hydrogen) atoms. The number of hydrogen-bond donors (Lipinski definition) is 1. The third-order valence-electron chi connectivity index (χ3n) is 8.72. The minimum atomic E-state index is -0.708. The van der Waals surface area contributed by atoms with Crippen LogP contribution < -0.4 is 0 Å². The molecule has 4 saturated heterocycles. The summed E-state index contributed by atoms with van der Waals surface area (Å²) in [7, 11) is 0. The Hall–Kier alpha value is -1.88. The number of thioether (sulfide) groups is 1. The number of β-amino-alcohol motifs (C(OH)–C–C–N with tert-alkyl or cyclic N) is 1. The Labute approximate surface area is 231 Å². The molecular weight excluding hydrogens is 504 g/mol. The molecule has 4 rings (SSSR count). The number of nitrogens with zero attached hydrogens (tertiary/aromatic N) is 4. The van der Waals surface area contributed by atoms with Gasteiger partial charge in [-0.05, 0) is 26.2 Å². The van der Waals surface area contributed by atoms with Crippen LogP contribution in [0.3, 0.4) is 0 Å². The third-order valence-corrected chi connectivity index (χ3v) is 10.7. The molecule has 4 fully saturated rings. The molecule has 0 aromatic rings. The van der Waals surface area contributed by atoms with Crippen LogP contribution in [0.2, 0.25) is 0 Å². The maximum absolute atomic E-state index is 14.3. The van der Waals surface area contributed by atoms with Crippen LogP contribution in [-0.4, -0.2) is 130 Å². The number of hydrogen-bond acceptors (Lipinski definition) is 7. The first-order chi connectivity index (χ1) is 18.3. The van der Waals surface area contributed by atoms with Crippen LogP contribution in [0.15, 0.2) is 25.3 Å². The van der Waals surface area contributed by atoms with Crippen molar-refractivity contribution in [3.63, 3.8) is 0 Å². The minimum absolute atomic E-state index is 0.0195. The average molecular weight is 549 g/mol. The van der Waals surface area contributed by atoms with Crippen LogP contribution >= 0.6 is 11.8 Å². The van der Waals surface area contributed by atoms with Crippen LogP contribution in [0.25, 0.3) is 0 Å². The molecule has 3 amide bonds. The van der Waals surface area contributed by atoms with Crippen LogP contribution in [-0.2, 0) is 19.1 Å². The van der Waals surface area contributed by atoms with E-state index in [1.165, 1.54) is 0 Å². The monoisotopic (exact) mass is 548 g/mol. The molecule has 2 bridgehead atoms. The molecule has 0 radical (unpaired) electrons. The van der Waals surface area contributed by atoms with Crippen molar-refractivity contribution < 1.29 is 24.2 Å². The fourth-order valence-electron chi connectivity index (χ4n) is 7.05. The zero-order valence-corrected chi connectivity index (χ0v) is 23.8. The van der Waals surface area contributed by atoms with Gasteiger partial charge in [0.05, 0.1) is 36.4 Å². The molecule has 4 aliphatic heterocycles. The van der Waals surface area contributed by atoms with Gasteiger partial charge in [0.25, 0.3) is 0 Å². The lowest BCUT2D eigenvalue weighted by molar-refractivity contribution is -0.146. The second kappa shape index (κ2) is 12.1. The molecule has 0 aromatic carbocycles. The Kier molecular flexibility index (Phi) is 9.27. The first-order valence-electron chi connectivity index (χ1n) is 14.0. The number of carbonyl (C=O) groups excluding carboxylic acids is 3. The third kappa shape index (κ3) is 5.05. The lowest BCUT2D eigenvalue weighted by Crippen LogP contribution is -2.56. The van der Waals surface area contributed by atoms with E-state index >= 15 is 0 Å². The maximum atomic E-state index is 14.3. The number of aliphatic hydroxyl groups excluding tert-OH is 1. The zero-order valence-electron chi connectivity index (χ0n) is 23.0. The van der Waals surface area contributed by atoms with Gasteiger partial charge in [-0.2, -0.15) is 0 Å². The van der Waals surface area contributed by atoms with Gasteiger partial charge in [-0.3, -0.25) is 19.3 Å². The van der Waals surface area contributed by atoms with Gasteiger partial charge in [0.1, 0.15) is 6.04 Å². The quantitative estimate of drug-likeness (QED) is 0.346. The standard InChI is InChI=1S/C28H44N4O5S/c1-5-10-30(11-6-2)24(34)21-22-25(35)32(15-18-33)23(28(22)9-8-27(21,4)38-28)26(36)31(12-7-3)14-13-29-16-19-37-20-17-29/h5,7,21-23,33H,1,3,6,8-20H2,2,4H3/t21-,22+,23?,27+,28?/m1/s1. The molecule has 1 spiro atoms. The minimum Gasteiger partial charge on any atom is -0.395 e. The van der Waals surface area contributed by atoms with Crippen LogP contribution in [0, 0.1) is 11.8 Å². The van der Waals surface area contributed by atoms with Crippen LogP contribution in [0.5, 0.6) is 0 Å². The molecule has 5 atom stereocenters. The number of carbonyl (C=O) groups is 3. The molecule has 9 nitrogen and oxygen atoms in total. The Morgan fingerprint density at radius 3 is 2.37 bits per heavy atom. The summed E-state index contributed by atoms with van der Waals surface area (Å²) in [6.45, 7) is 17.4. The van der Waals surface area contributed by atoms with Crippen molar-refractivity contribution in [2.24, 2.45) is 11.8 Å². The van der Waals surface area contributed by atoms with Gasteiger partial charge in [0.15, 0.2) is 0 Å². The highest BCUT2D eigenvalue weighted by atomic mass is 32.2. The van der Waals surface area contributed by atoms with Crippen molar-refractivity contribution in [2.45, 2.75) is 48.6 Å². The van der Waals surface area contributed by atoms with E-state index in [-0.39, 0.29) is 30.9 Å². The number of likely N-dealkylation sites (tertiary alicyclic amines) is 1. The number of fused-ring (bicyclic) bond motifs is 1. The summed E-state index contributed by atoms with van der Waals surface area (Å²) in [6.07, 6.45) is 5.75. The van der Waals surface area contributed by atoms with E-state index in [9.17, 15) is 19.5 Å². The smallest absolute Gasteiger partial charge is 0.247 e. The van der Waals surface area contributed by atoms with E-state index in [4.69, 9.17) is 4.74 Å². The number of amides is 3. The maximum Gasteiger partial charge on any atom is 0.247 e. The predicted molar refractivity (Wildman–Crippen MR) is 149 cm³/mol.